The number of hydrogen-bond acceptors (Lipinski definition) is 4. The molecule has 0 spiro atoms. The van der Waals surface area contributed by atoms with Gasteiger partial charge in [0.1, 0.15) is 11.5 Å². The van der Waals surface area contributed by atoms with Crippen LogP contribution < -0.4 is 0 Å². The quantitative estimate of drug-likeness (QED) is 0.659. The molecule has 0 saturated carbocycles. The second-order valence-corrected chi connectivity index (χ2v) is 8.01. The Morgan fingerprint density at radius 2 is 1.62 bits per heavy atom. The zero-order valence-corrected chi connectivity index (χ0v) is 16.3. The SMILES string of the molecule is CCC1O[C@H](Sc2ccccc2)C(OC(=O)c2ccccc2)[C@@H](C)[C@@H]1C. The lowest BCUT2D eigenvalue weighted by Gasteiger charge is -2.43. The van der Waals surface area contributed by atoms with Crippen LogP contribution in [0.25, 0.3) is 0 Å². The molecule has 0 aromatic heterocycles. The zero-order chi connectivity index (χ0) is 18.5. The van der Waals surface area contributed by atoms with Gasteiger partial charge in [-0.15, -0.1) is 0 Å². The van der Waals surface area contributed by atoms with E-state index in [1.807, 2.05) is 36.4 Å². The first-order valence-corrected chi connectivity index (χ1v) is 10.1. The molecule has 3 nitrogen and oxygen atoms in total. The van der Waals surface area contributed by atoms with Crippen LogP contribution in [0, 0.1) is 11.8 Å². The fourth-order valence-corrected chi connectivity index (χ4v) is 4.60. The van der Waals surface area contributed by atoms with E-state index in [1.54, 1.807) is 23.9 Å². The largest absolute Gasteiger partial charge is 0.455 e. The van der Waals surface area contributed by atoms with E-state index in [0.717, 1.165) is 11.3 Å². The summed E-state index contributed by atoms with van der Waals surface area (Å²) in [6.45, 7) is 6.50. The molecule has 5 atom stereocenters. The third-order valence-corrected chi connectivity index (χ3v) is 6.32. The van der Waals surface area contributed by atoms with Gasteiger partial charge in [0, 0.05) is 10.8 Å². The smallest absolute Gasteiger partial charge is 0.338 e. The molecule has 4 heteroatoms. The number of benzene rings is 2. The molecule has 1 fully saturated rings. The predicted octanol–water partition coefficient (Wildman–Crippen LogP) is 5.41. The normalized spacial score (nSPS) is 28.5. The molecule has 0 amide bonds. The monoisotopic (exact) mass is 370 g/mol. The van der Waals surface area contributed by atoms with Crippen LogP contribution in [-0.4, -0.2) is 23.6 Å². The van der Waals surface area contributed by atoms with Crippen LogP contribution >= 0.6 is 11.8 Å². The third-order valence-electron chi connectivity index (χ3n) is 5.16. The average Bonchev–Trinajstić information content (AvgIpc) is 2.68. The Labute approximate surface area is 160 Å². The third kappa shape index (κ3) is 4.30. The second-order valence-electron chi connectivity index (χ2n) is 6.84. The maximum atomic E-state index is 12.6. The Morgan fingerprint density at radius 3 is 2.23 bits per heavy atom. The summed E-state index contributed by atoms with van der Waals surface area (Å²) in [6.07, 6.45) is 0.847. The Hall–Kier alpha value is -1.78. The molecule has 2 unspecified atom stereocenters. The topological polar surface area (TPSA) is 35.5 Å². The summed E-state index contributed by atoms with van der Waals surface area (Å²) in [6, 6.07) is 19.3. The van der Waals surface area contributed by atoms with E-state index in [-0.39, 0.29) is 29.5 Å². The Kier molecular flexibility index (Phi) is 6.38. The van der Waals surface area contributed by atoms with Crippen molar-refractivity contribution in [3.63, 3.8) is 0 Å². The van der Waals surface area contributed by atoms with E-state index in [1.165, 1.54) is 0 Å². The van der Waals surface area contributed by atoms with Crippen LogP contribution in [0.3, 0.4) is 0 Å². The van der Waals surface area contributed by atoms with Gasteiger partial charge in [0.2, 0.25) is 0 Å². The molecule has 0 aliphatic carbocycles. The molecule has 3 rings (SSSR count). The van der Waals surface area contributed by atoms with E-state index >= 15 is 0 Å². The molecule has 1 aliphatic heterocycles. The van der Waals surface area contributed by atoms with E-state index in [2.05, 4.69) is 32.9 Å². The van der Waals surface area contributed by atoms with Crippen molar-refractivity contribution in [1.82, 2.24) is 0 Å². The fraction of sp³-hybridized carbons (Fsp3) is 0.409. The van der Waals surface area contributed by atoms with Gasteiger partial charge >= 0.3 is 5.97 Å². The van der Waals surface area contributed by atoms with Gasteiger partial charge in [-0.25, -0.2) is 4.79 Å². The van der Waals surface area contributed by atoms with Gasteiger partial charge in [-0.1, -0.05) is 68.9 Å². The highest BCUT2D eigenvalue weighted by molar-refractivity contribution is 7.99. The Bertz CT molecular complexity index is 704. The highest BCUT2D eigenvalue weighted by Crippen LogP contribution is 2.40. The summed E-state index contributed by atoms with van der Waals surface area (Å²) in [7, 11) is 0. The predicted molar refractivity (Wildman–Crippen MR) is 105 cm³/mol. The molecule has 2 aromatic rings. The summed E-state index contributed by atoms with van der Waals surface area (Å²) < 4.78 is 12.3. The first kappa shape index (κ1) is 19.0. The van der Waals surface area contributed by atoms with Crippen molar-refractivity contribution in [2.75, 3.05) is 0 Å². The van der Waals surface area contributed by atoms with Crippen molar-refractivity contribution in [3.8, 4) is 0 Å². The molecular formula is C22H26O3S. The molecule has 0 N–H and O–H groups in total. The van der Waals surface area contributed by atoms with Crippen molar-refractivity contribution in [2.24, 2.45) is 11.8 Å². The number of ether oxygens (including phenoxy) is 2. The highest BCUT2D eigenvalue weighted by Gasteiger charge is 2.43. The van der Waals surface area contributed by atoms with Crippen LogP contribution in [0.1, 0.15) is 37.6 Å². The second kappa shape index (κ2) is 8.74. The van der Waals surface area contributed by atoms with Gasteiger partial charge in [0.25, 0.3) is 0 Å². The first-order chi connectivity index (χ1) is 12.6. The minimum Gasteiger partial charge on any atom is -0.455 e. The number of rotatable bonds is 5. The average molecular weight is 371 g/mol. The molecule has 138 valence electrons. The first-order valence-electron chi connectivity index (χ1n) is 9.23. The standard InChI is InChI=1S/C22H26O3S/c1-4-19-15(2)16(3)20(25-21(23)17-11-7-5-8-12-17)22(24-19)26-18-13-9-6-10-14-18/h5-16,19-20,22H,4H2,1-3H3/t15-,16-,19?,20?,22+/m0/s1. The van der Waals surface area contributed by atoms with Gasteiger partial charge in [0.15, 0.2) is 0 Å². The van der Waals surface area contributed by atoms with E-state index in [0.29, 0.717) is 11.5 Å². The van der Waals surface area contributed by atoms with Crippen LogP contribution in [0.15, 0.2) is 65.6 Å². The van der Waals surface area contributed by atoms with E-state index in [9.17, 15) is 4.79 Å². The van der Waals surface area contributed by atoms with Gasteiger partial charge < -0.3 is 9.47 Å². The number of thioether (sulfide) groups is 1. The van der Waals surface area contributed by atoms with Crippen LogP contribution in [0.2, 0.25) is 0 Å². The van der Waals surface area contributed by atoms with E-state index in [4.69, 9.17) is 9.47 Å². The van der Waals surface area contributed by atoms with Crippen LogP contribution in [0.5, 0.6) is 0 Å². The highest BCUT2D eigenvalue weighted by atomic mass is 32.2. The minimum absolute atomic E-state index is 0.179. The molecule has 2 aromatic carbocycles. The summed E-state index contributed by atoms with van der Waals surface area (Å²) in [5.74, 6) is 0.274. The lowest BCUT2D eigenvalue weighted by molar-refractivity contribution is -0.137. The van der Waals surface area contributed by atoms with Crippen molar-refractivity contribution >= 4 is 17.7 Å². The summed E-state index contributed by atoms with van der Waals surface area (Å²) in [5.41, 5.74) is 0.370. The lowest BCUT2D eigenvalue weighted by Crippen LogP contribution is -2.49. The molecule has 1 saturated heterocycles. The van der Waals surface area contributed by atoms with Gasteiger partial charge in [-0.3, -0.25) is 0 Å². The maximum absolute atomic E-state index is 12.6. The molecule has 1 aliphatic rings. The van der Waals surface area contributed by atoms with Gasteiger partial charge in [0.05, 0.1) is 11.7 Å². The maximum Gasteiger partial charge on any atom is 0.338 e. The molecule has 26 heavy (non-hydrogen) atoms. The number of carbonyl (C=O) groups is 1. The number of esters is 1. The van der Waals surface area contributed by atoms with Crippen molar-refractivity contribution in [2.45, 2.75) is 49.7 Å². The number of carbonyl (C=O) groups excluding carboxylic acids is 1. The van der Waals surface area contributed by atoms with Crippen LogP contribution in [-0.2, 0) is 9.47 Å². The summed E-state index contributed by atoms with van der Waals surface area (Å²) >= 11 is 1.64. The van der Waals surface area contributed by atoms with Gasteiger partial charge in [-0.05, 0) is 36.6 Å². The molecular weight excluding hydrogens is 344 g/mol. The van der Waals surface area contributed by atoms with Crippen molar-refractivity contribution in [3.05, 3.63) is 66.2 Å². The Balaban J connectivity index is 1.81. The molecule has 1 heterocycles. The molecule has 0 radical (unpaired) electrons. The van der Waals surface area contributed by atoms with E-state index < -0.39 is 0 Å². The zero-order valence-electron chi connectivity index (χ0n) is 15.5. The lowest BCUT2D eigenvalue weighted by atomic mass is 9.83. The van der Waals surface area contributed by atoms with Crippen molar-refractivity contribution < 1.29 is 14.3 Å². The Morgan fingerprint density at radius 1 is 1.00 bits per heavy atom. The summed E-state index contributed by atoms with van der Waals surface area (Å²) in [5, 5.41) is 0. The van der Waals surface area contributed by atoms with Crippen molar-refractivity contribution in [1.29, 1.82) is 0 Å². The minimum atomic E-state index is -0.286. The van der Waals surface area contributed by atoms with Gasteiger partial charge in [-0.2, -0.15) is 0 Å². The number of hydrogen-bond donors (Lipinski definition) is 0. The fourth-order valence-electron chi connectivity index (χ4n) is 3.38. The molecule has 0 bridgehead atoms. The summed E-state index contributed by atoms with van der Waals surface area (Å²) in [4.78, 5) is 13.7. The van der Waals surface area contributed by atoms with Crippen LogP contribution in [0.4, 0.5) is 0 Å².